The maximum Gasteiger partial charge on any atom is 0.446 e. The zero-order valence-corrected chi connectivity index (χ0v) is 15.8. The highest BCUT2D eigenvalue weighted by Crippen LogP contribution is 2.44. The Morgan fingerprint density at radius 1 is 1.11 bits per heavy atom. The van der Waals surface area contributed by atoms with Crippen LogP contribution in [0.1, 0.15) is 11.1 Å². The molecule has 0 aliphatic heterocycles. The summed E-state index contributed by atoms with van der Waals surface area (Å²) >= 11 is -0.143. The molecule has 0 saturated carbocycles. The van der Waals surface area contributed by atoms with E-state index < -0.39 is 5.51 Å². The molecule has 2 aromatic carbocycles. The number of hydrogen-bond donors (Lipinski definition) is 2. The van der Waals surface area contributed by atoms with Crippen molar-refractivity contribution in [2.24, 2.45) is 0 Å². The molecule has 0 radical (unpaired) electrons. The lowest BCUT2D eigenvalue weighted by molar-refractivity contribution is -0.0328. The van der Waals surface area contributed by atoms with E-state index in [1.165, 1.54) is 12.1 Å². The van der Waals surface area contributed by atoms with Gasteiger partial charge in [-0.25, -0.2) is 0 Å². The normalized spacial score (nSPS) is 12.5. The Labute approximate surface area is 163 Å². The molecule has 1 aliphatic rings. The molecule has 0 spiro atoms. The fourth-order valence-corrected chi connectivity index (χ4v) is 3.86. The summed E-state index contributed by atoms with van der Waals surface area (Å²) in [5.41, 5.74) is -0.0506. The van der Waals surface area contributed by atoms with Gasteiger partial charge < -0.3 is 14.8 Å². The SMILES string of the molecule is COc1cc2c(cc1OC)-c1n[nH]c(Nc3cccc(SC(F)(F)F)c3)c1C2. The van der Waals surface area contributed by atoms with Crippen molar-refractivity contribution in [1.29, 1.82) is 0 Å². The molecule has 0 atom stereocenters. The molecule has 2 N–H and O–H groups in total. The molecule has 28 heavy (non-hydrogen) atoms. The van der Waals surface area contributed by atoms with Crippen LogP contribution < -0.4 is 14.8 Å². The van der Waals surface area contributed by atoms with Crippen LogP contribution in [0.3, 0.4) is 0 Å². The number of hydrogen-bond acceptors (Lipinski definition) is 5. The lowest BCUT2D eigenvalue weighted by Crippen LogP contribution is -2.00. The minimum atomic E-state index is -4.33. The Kier molecular flexibility index (Phi) is 4.62. The predicted molar refractivity (Wildman–Crippen MR) is 102 cm³/mol. The van der Waals surface area contributed by atoms with Crippen LogP contribution in [0.25, 0.3) is 11.3 Å². The Morgan fingerprint density at radius 2 is 1.86 bits per heavy atom. The van der Waals surface area contributed by atoms with Crippen LogP contribution in [0.5, 0.6) is 11.5 Å². The van der Waals surface area contributed by atoms with Crippen molar-refractivity contribution in [3.63, 3.8) is 0 Å². The molecule has 3 aromatic rings. The van der Waals surface area contributed by atoms with Gasteiger partial charge in [0, 0.05) is 28.1 Å². The second kappa shape index (κ2) is 6.97. The lowest BCUT2D eigenvalue weighted by Gasteiger charge is -2.10. The number of alkyl halides is 3. The van der Waals surface area contributed by atoms with Gasteiger partial charge in [0.1, 0.15) is 5.82 Å². The van der Waals surface area contributed by atoms with E-state index in [9.17, 15) is 13.2 Å². The highest BCUT2D eigenvalue weighted by Gasteiger charge is 2.30. The second-order valence-electron chi connectivity index (χ2n) is 6.17. The van der Waals surface area contributed by atoms with Gasteiger partial charge >= 0.3 is 5.51 Å². The van der Waals surface area contributed by atoms with E-state index >= 15 is 0 Å². The first kappa shape index (κ1) is 18.5. The van der Waals surface area contributed by atoms with Crippen molar-refractivity contribution >= 4 is 23.3 Å². The summed E-state index contributed by atoms with van der Waals surface area (Å²) < 4.78 is 48.5. The fraction of sp³-hybridized carbons (Fsp3) is 0.211. The van der Waals surface area contributed by atoms with Gasteiger partial charge in [-0.05, 0) is 47.7 Å². The monoisotopic (exact) mass is 407 g/mol. The molecule has 0 unspecified atom stereocenters. The van der Waals surface area contributed by atoms with E-state index in [1.54, 1.807) is 26.4 Å². The topological polar surface area (TPSA) is 59.2 Å². The first-order chi connectivity index (χ1) is 13.4. The maximum absolute atomic E-state index is 12.6. The van der Waals surface area contributed by atoms with Crippen molar-refractivity contribution in [2.45, 2.75) is 16.8 Å². The zero-order valence-electron chi connectivity index (χ0n) is 15.0. The molecule has 0 amide bonds. The number of H-pyrrole nitrogens is 1. The number of aromatic nitrogens is 2. The fourth-order valence-electron chi connectivity index (χ4n) is 3.26. The van der Waals surface area contributed by atoms with Crippen LogP contribution in [0.2, 0.25) is 0 Å². The number of nitrogens with zero attached hydrogens (tertiary/aromatic N) is 1. The van der Waals surface area contributed by atoms with E-state index in [0.717, 1.165) is 22.4 Å². The average molecular weight is 407 g/mol. The summed E-state index contributed by atoms with van der Waals surface area (Å²) in [4.78, 5) is 0.117. The average Bonchev–Trinajstić information content (AvgIpc) is 3.19. The van der Waals surface area contributed by atoms with Gasteiger partial charge in [-0.2, -0.15) is 18.3 Å². The zero-order chi connectivity index (χ0) is 19.9. The summed E-state index contributed by atoms with van der Waals surface area (Å²) in [5.74, 6) is 1.91. The smallest absolute Gasteiger partial charge is 0.446 e. The molecule has 0 bridgehead atoms. The Balaban J connectivity index is 1.62. The summed E-state index contributed by atoms with van der Waals surface area (Å²) in [6.45, 7) is 0. The standard InChI is InChI=1S/C19H16F3N3O2S/c1-26-15-7-10-6-14-17(13(10)9-16(15)27-2)24-25-18(14)23-11-4-3-5-12(8-11)28-19(20,21)22/h3-5,7-9H,6H2,1-2H3,(H2,23,24,25). The van der Waals surface area contributed by atoms with Crippen LogP contribution in [0.4, 0.5) is 24.7 Å². The Bertz CT molecular complexity index is 1030. The van der Waals surface area contributed by atoms with Crippen molar-refractivity contribution in [3.05, 3.63) is 47.5 Å². The van der Waals surface area contributed by atoms with Gasteiger partial charge in [0.25, 0.3) is 0 Å². The molecule has 4 rings (SSSR count). The Hall–Kier alpha value is -2.81. The molecule has 1 aliphatic carbocycles. The van der Waals surface area contributed by atoms with E-state index in [-0.39, 0.29) is 16.7 Å². The highest BCUT2D eigenvalue weighted by molar-refractivity contribution is 8.00. The maximum atomic E-state index is 12.6. The van der Waals surface area contributed by atoms with Crippen molar-refractivity contribution in [2.75, 3.05) is 19.5 Å². The molecule has 9 heteroatoms. The molecule has 5 nitrogen and oxygen atoms in total. The van der Waals surface area contributed by atoms with Crippen molar-refractivity contribution < 1.29 is 22.6 Å². The van der Waals surface area contributed by atoms with Crippen LogP contribution in [-0.2, 0) is 6.42 Å². The van der Waals surface area contributed by atoms with Gasteiger partial charge in [0.15, 0.2) is 11.5 Å². The Morgan fingerprint density at radius 3 is 2.57 bits per heavy atom. The molecular formula is C19H16F3N3O2S. The van der Waals surface area contributed by atoms with Crippen LogP contribution >= 0.6 is 11.8 Å². The minimum Gasteiger partial charge on any atom is -0.493 e. The number of aromatic amines is 1. The first-order valence-corrected chi connectivity index (χ1v) is 9.15. The van der Waals surface area contributed by atoms with Gasteiger partial charge in [-0.15, -0.1) is 0 Å². The van der Waals surface area contributed by atoms with E-state index in [4.69, 9.17) is 9.47 Å². The largest absolute Gasteiger partial charge is 0.493 e. The third-order valence-electron chi connectivity index (χ3n) is 4.44. The van der Waals surface area contributed by atoms with Gasteiger partial charge in [0.2, 0.25) is 0 Å². The number of methoxy groups -OCH3 is 2. The highest BCUT2D eigenvalue weighted by atomic mass is 32.2. The molecule has 0 fully saturated rings. The van der Waals surface area contributed by atoms with Gasteiger partial charge in [0.05, 0.1) is 19.9 Å². The number of ether oxygens (including phenoxy) is 2. The van der Waals surface area contributed by atoms with Crippen LogP contribution in [0.15, 0.2) is 41.3 Å². The molecular weight excluding hydrogens is 391 g/mol. The molecule has 1 aromatic heterocycles. The number of nitrogens with one attached hydrogen (secondary N) is 2. The quantitative estimate of drug-likeness (QED) is 0.437. The van der Waals surface area contributed by atoms with Crippen molar-refractivity contribution in [1.82, 2.24) is 10.2 Å². The number of benzene rings is 2. The lowest BCUT2D eigenvalue weighted by atomic mass is 10.1. The molecule has 146 valence electrons. The van der Waals surface area contributed by atoms with Gasteiger partial charge in [-0.1, -0.05) is 6.07 Å². The first-order valence-electron chi connectivity index (χ1n) is 8.33. The van der Waals surface area contributed by atoms with E-state index in [2.05, 4.69) is 15.5 Å². The summed E-state index contributed by atoms with van der Waals surface area (Å²) in [5, 5.41) is 10.5. The number of halogens is 3. The third-order valence-corrected chi connectivity index (χ3v) is 5.16. The molecule has 1 heterocycles. The molecule has 0 saturated heterocycles. The second-order valence-corrected chi connectivity index (χ2v) is 7.31. The number of anilines is 2. The predicted octanol–water partition coefficient (Wildman–Crippen LogP) is 5.35. The summed E-state index contributed by atoms with van der Waals surface area (Å²) in [6, 6.07) is 9.97. The van der Waals surface area contributed by atoms with E-state index in [1.807, 2.05) is 12.1 Å². The van der Waals surface area contributed by atoms with Gasteiger partial charge in [-0.3, -0.25) is 5.10 Å². The third kappa shape index (κ3) is 3.49. The van der Waals surface area contributed by atoms with Crippen molar-refractivity contribution in [3.8, 4) is 22.8 Å². The number of thioether (sulfide) groups is 1. The summed E-state index contributed by atoms with van der Waals surface area (Å²) in [6.07, 6.45) is 0.626. The van der Waals surface area contributed by atoms with Crippen LogP contribution in [-0.4, -0.2) is 29.9 Å². The number of rotatable bonds is 5. The summed E-state index contributed by atoms with van der Waals surface area (Å²) in [7, 11) is 3.15. The number of fused-ring (bicyclic) bond motifs is 3. The minimum absolute atomic E-state index is 0.117. The van der Waals surface area contributed by atoms with Crippen LogP contribution in [0, 0.1) is 0 Å². The van der Waals surface area contributed by atoms with E-state index in [0.29, 0.717) is 29.4 Å².